The number of allylic oxidation sites excluding steroid dienone is 4. The smallest absolute Gasteiger partial charge is 0.0202 e. The fourth-order valence-corrected chi connectivity index (χ4v) is 0.959. The van der Waals surface area contributed by atoms with Gasteiger partial charge in [-0.3, -0.25) is 0 Å². The van der Waals surface area contributed by atoms with E-state index < -0.39 is 0 Å². The molecule has 0 aromatic carbocycles. The molecular formula is C12H21N. The number of likely N-dealkylation sites (N-methyl/N-ethyl adjacent to an activating group) is 1. The molecule has 0 radical (unpaired) electrons. The molecule has 0 unspecified atom stereocenters. The summed E-state index contributed by atoms with van der Waals surface area (Å²) in [6.07, 6.45) is 9.69. The minimum atomic E-state index is 0.928. The topological polar surface area (TPSA) is 12.0 Å². The lowest BCUT2D eigenvalue weighted by molar-refractivity contribution is 0.895. The van der Waals surface area contributed by atoms with E-state index in [0.717, 1.165) is 13.0 Å². The third kappa shape index (κ3) is 6.35. The van der Waals surface area contributed by atoms with Crippen molar-refractivity contribution in [1.29, 1.82) is 0 Å². The first-order valence-electron chi connectivity index (χ1n) is 4.88. The first-order chi connectivity index (χ1) is 6.24. The molecule has 0 aromatic heterocycles. The first kappa shape index (κ1) is 12.2. The van der Waals surface area contributed by atoms with Crippen LogP contribution in [0.3, 0.4) is 0 Å². The van der Waals surface area contributed by atoms with Gasteiger partial charge in [0.05, 0.1) is 0 Å². The molecule has 0 aromatic rings. The van der Waals surface area contributed by atoms with Crippen LogP contribution in [0.4, 0.5) is 0 Å². The minimum Gasteiger partial charge on any atom is -0.316 e. The largest absolute Gasteiger partial charge is 0.316 e. The van der Waals surface area contributed by atoms with Crippen molar-refractivity contribution in [3.05, 3.63) is 35.5 Å². The Morgan fingerprint density at radius 3 is 2.46 bits per heavy atom. The van der Waals surface area contributed by atoms with Crippen LogP contribution >= 0.6 is 0 Å². The molecule has 74 valence electrons. The van der Waals surface area contributed by atoms with Gasteiger partial charge in [-0.05, 0) is 32.9 Å². The van der Waals surface area contributed by atoms with Gasteiger partial charge >= 0.3 is 0 Å². The average Bonchev–Trinajstić information content (AvgIpc) is 2.14. The minimum absolute atomic E-state index is 0.928. The molecule has 0 heterocycles. The van der Waals surface area contributed by atoms with E-state index in [-0.39, 0.29) is 0 Å². The standard InChI is InChI=1S/C12H21N/c1-5-7-12(10-13-4)9-8-11(3)6-2/h5,7-9,13H,6,10H2,1-4H3/b7-5-,11-8+,12-9+. The summed E-state index contributed by atoms with van der Waals surface area (Å²) in [6.45, 7) is 7.30. The Kier molecular flexibility index (Phi) is 7.32. The average molecular weight is 179 g/mol. The molecule has 0 aliphatic heterocycles. The number of nitrogens with one attached hydrogen (secondary N) is 1. The van der Waals surface area contributed by atoms with E-state index >= 15 is 0 Å². The van der Waals surface area contributed by atoms with Gasteiger partial charge in [0.2, 0.25) is 0 Å². The van der Waals surface area contributed by atoms with Crippen molar-refractivity contribution in [2.45, 2.75) is 27.2 Å². The van der Waals surface area contributed by atoms with Crippen molar-refractivity contribution >= 4 is 0 Å². The second kappa shape index (κ2) is 7.81. The summed E-state index contributed by atoms with van der Waals surface area (Å²) in [5.74, 6) is 0. The van der Waals surface area contributed by atoms with E-state index in [2.05, 4.69) is 43.5 Å². The SMILES string of the molecule is C\C=C/C(=C\C=C(/C)CC)CNC. The molecule has 0 atom stereocenters. The number of hydrogen-bond acceptors (Lipinski definition) is 1. The summed E-state index contributed by atoms with van der Waals surface area (Å²) in [6, 6.07) is 0. The molecular weight excluding hydrogens is 158 g/mol. The van der Waals surface area contributed by atoms with Crippen LogP contribution < -0.4 is 5.32 Å². The Morgan fingerprint density at radius 2 is 2.00 bits per heavy atom. The van der Waals surface area contributed by atoms with Crippen molar-refractivity contribution in [2.75, 3.05) is 13.6 Å². The van der Waals surface area contributed by atoms with Crippen LogP contribution in [-0.4, -0.2) is 13.6 Å². The Morgan fingerprint density at radius 1 is 1.31 bits per heavy atom. The summed E-state index contributed by atoms with van der Waals surface area (Å²) < 4.78 is 0. The molecule has 1 N–H and O–H groups in total. The summed E-state index contributed by atoms with van der Waals surface area (Å²) in [7, 11) is 1.97. The lowest BCUT2D eigenvalue weighted by atomic mass is 10.1. The second-order valence-electron chi connectivity index (χ2n) is 3.14. The predicted molar refractivity (Wildman–Crippen MR) is 60.9 cm³/mol. The van der Waals surface area contributed by atoms with Crippen LogP contribution in [0.25, 0.3) is 0 Å². The van der Waals surface area contributed by atoms with Gasteiger partial charge in [-0.15, -0.1) is 0 Å². The summed E-state index contributed by atoms with van der Waals surface area (Å²) >= 11 is 0. The number of rotatable bonds is 5. The predicted octanol–water partition coefficient (Wildman–Crippen LogP) is 3.06. The lowest BCUT2D eigenvalue weighted by Gasteiger charge is -1.99. The maximum Gasteiger partial charge on any atom is 0.0202 e. The van der Waals surface area contributed by atoms with E-state index in [9.17, 15) is 0 Å². The molecule has 0 saturated carbocycles. The molecule has 0 spiro atoms. The quantitative estimate of drug-likeness (QED) is 0.640. The van der Waals surface area contributed by atoms with Gasteiger partial charge in [-0.2, -0.15) is 0 Å². The molecule has 0 fully saturated rings. The third-order valence-corrected chi connectivity index (χ3v) is 1.90. The van der Waals surface area contributed by atoms with Crippen LogP contribution in [0, 0.1) is 0 Å². The van der Waals surface area contributed by atoms with E-state index in [0.29, 0.717) is 0 Å². The Bertz CT molecular complexity index is 209. The first-order valence-corrected chi connectivity index (χ1v) is 4.88. The Hall–Kier alpha value is -0.820. The van der Waals surface area contributed by atoms with Crippen molar-refractivity contribution in [3.63, 3.8) is 0 Å². The molecule has 0 amide bonds. The zero-order chi connectivity index (χ0) is 10.1. The van der Waals surface area contributed by atoms with Gasteiger partial charge in [-0.1, -0.05) is 36.8 Å². The van der Waals surface area contributed by atoms with Crippen LogP contribution in [0.15, 0.2) is 35.5 Å². The molecule has 0 aliphatic carbocycles. The van der Waals surface area contributed by atoms with Crippen molar-refractivity contribution in [1.82, 2.24) is 5.32 Å². The van der Waals surface area contributed by atoms with Gasteiger partial charge in [0.1, 0.15) is 0 Å². The number of hydrogen-bond donors (Lipinski definition) is 1. The van der Waals surface area contributed by atoms with E-state index in [1.54, 1.807) is 0 Å². The maximum absolute atomic E-state index is 3.15. The van der Waals surface area contributed by atoms with E-state index in [4.69, 9.17) is 0 Å². The highest BCUT2D eigenvalue weighted by Gasteiger charge is 1.87. The third-order valence-electron chi connectivity index (χ3n) is 1.90. The van der Waals surface area contributed by atoms with Crippen LogP contribution in [0.5, 0.6) is 0 Å². The highest BCUT2D eigenvalue weighted by molar-refractivity contribution is 5.26. The van der Waals surface area contributed by atoms with Gasteiger partial charge < -0.3 is 5.32 Å². The Balaban J connectivity index is 4.34. The molecule has 1 nitrogen and oxygen atoms in total. The van der Waals surface area contributed by atoms with Gasteiger partial charge in [0.15, 0.2) is 0 Å². The fraction of sp³-hybridized carbons (Fsp3) is 0.500. The van der Waals surface area contributed by atoms with Gasteiger partial charge in [0.25, 0.3) is 0 Å². The van der Waals surface area contributed by atoms with E-state index in [1.165, 1.54) is 11.1 Å². The van der Waals surface area contributed by atoms with Crippen LogP contribution in [0.1, 0.15) is 27.2 Å². The summed E-state index contributed by atoms with van der Waals surface area (Å²) in [5, 5.41) is 3.15. The molecule has 0 aliphatic rings. The highest BCUT2D eigenvalue weighted by atomic mass is 14.8. The summed E-state index contributed by atoms with van der Waals surface area (Å²) in [4.78, 5) is 0. The van der Waals surface area contributed by atoms with Crippen molar-refractivity contribution < 1.29 is 0 Å². The van der Waals surface area contributed by atoms with Crippen LogP contribution in [0.2, 0.25) is 0 Å². The van der Waals surface area contributed by atoms with Crippen molar-refractivity contribution in [2.24, 2.45) is 0 Å². The van der Waals surface area contributed by atoms with Gasteiger partial charge in [0, 0.05) is 6.54 Å². The normalized spacial score (nSPS) is 14.2. The lowest BCUT2D eigenvalue weighted by Crippen LogP contribution is -2.08. The van der Waals surface area contributed by atoms with Gasteiger partial charge in [-0.25, -0.2) is 0 Å². The summed E-state index contributed by atoms with van der Waals surface area (Å²) in [5.41, 5.74) is 2.73. The highest BCUT2D eigenvalue weighted by Crippen LogP contribution is 2.02. The molecule has 0 rings (SSSR count). The zero-order valence-corrected chi connectivity index (χ0v) is 9.22. The molecule has 13 heavy (non-hydrogen) atoms. The zero-order valence-electron chi connectivity index (χ0n) is 9.22. The molecule has 0 saturated heterocycles. The monoisotopic (exact) mass is 179 g/mol. The maximum atomic E-state index is 3.15. The second-order valence-corrected chi connectivity index (χ2v) is 3.14. The van der Waals surface area contributed by atoms with Crippen LogP contribution in [-0.2, 0) is 0 Å². The van der Waals surface area contributed by atoms with Crippen molar-refractivity contribution in [3.8, 4) is 0 Å². The molecule has 0 bridgehead atoms. The Labute approximate surface area is 82.2 Å². The fourth-order valence-electron chi connectivity index (χ4n) is 0.959. The molecule has 1 heteroatoms. The van der Waals surface area contributed by atoms with E-state index in [1.807, 2.05) is 14.0 Å².